The van der Waals surface area contributed by atoms with Gasteiger partial charge in [0.05, 0.1) is 6.20 Å². The second-order valence-corrected chi connectivity index (χ2v) is 8.29. The van der Waals surface area contributed by atoms with Gasteiger partial charge in [-0.05, 0) is 35.8 Å². The number of aryl methyl sites for hydroxylation is 1. The molecule has 1 atom stereocenters. The fourth-order valence-corrected chi connectivity index (χ4v) is 5.31. The summed E-state index contributed by atoms with van der Waals surface area (Å²) in [5, 5.41) is 5.96. The van der Waals surface area contributed by atoms with Crippen LogP contribution in [0.4, 0.5) is 0 Å². The van der Waals surface area contributed by atoms with Gasteiger partial charge < -0.3 is 0 Å². The molecule has 1 saturated heterocycles. The van der Waals surface area contributed by atoms with Crippen LogP contribution in [-0.4, -0.2) is 35.6 Å². The predicted molar refractivity (Wildman–Crippen MR) is 78.1 cm³/mol. The summed E-state index contributed by atoms with van der Waals surface area (Å²) in [7, 11) is -1.39. The van der Waals surface area contributed by atoms with E-state index in [0.717, 1.165) is 12.8 Å². The van der Waals surface area contributed by atoms with Crippen LogP contribution in [0.5, 0.6) is 0 Å². The van der Waals surface area contributed by atoms with Gasteiger partial charge in [-0.3, -0.25) is 4.68 Å². The maximum absolute atomic E-state index is 12.4. The van der Waals surface area contributed by atoms with E-state index in [1.165, 1.54) is 16.9 Å². The van der Waals surface area contributed by atoms with Crippen molar-refractivity contribution in [1.82, 2.24) is 14.1 Å². The summed E-state index contributed by atoms with van der Waals surface area (Å²) in [5.74, 6) is 0.383. The van der Waals surface area contributed by atoms with Crippen LogP contribution in [0.1, 0.15) is 12.0 Å². The third kappa shape index (κ3) is 2.65. The van der Waals surface area contributed by atoms with Gasteiger partial charge in [0, 0.05) is 26.3 Å². The Bertz CT molecular complexity index is 676. The highest BCUT2D eigenvalue weighted by atomic mass is 32.2. The lowest BCUT2D eigenvalue weighted by Crippen LogP contribution is -2.28. The first kappa shape index (κ1) is 13.8. The lowest BCUT2D eigenvalue weighted by atomic mass is 10.0. The van der Waals surface area contributed by atoms with Crippen LogP contribution in [0, 0.1) is 5.92 Å². The summed E-state index contributed by atoms with van der Waals surface area (Å²) in [4.78, 5) is 0. The van der Waals surface area contributed by atoms with Crippen molar-refractivity contribution in [3.8, 4) is 0 Å². The predicted octanol–water partition coefficient (Wildman–Crippen LogP) is 1.73. The molecule has 20 heavy (non-hydrogen) atoms. The standard InChI is InChI=1S/C13H17N3O2S2/c1-15-9-12(8-14-15)7-11-4-5-16(10-11)20(17,18)13-3-2-6-19-13/h2-3,6,8-9,11H,4-5,7,10H2,1H3/t11-/m0/s1. The van der Waals surface area contributed by atoms with E-state index in [1.807, 2.05) is 19.4 Å². The van der Waals surface area contributed by atoms with Gasteiger partial charge >= 0.3 is 0 Å². The van der Waals surface area contributed by atoms with Crippen LogP contribution in [0.2, 0.25) is 0 Å². The van der Waals surface area contributed by atoms with E-state index in [2.05, 4.69) is 5.10 Å². The van der Waals surface area contributed by atoms with Crippen LogP contribution in [-0.2, 0) is 23.5 Å². The fraction of sp³-hybridized carbons (Fsp3) is 0.462. The minimum absolute atomic E-state index is 0.383. The molecule has 1 aliphatic rings. The average molecular weight is 311 g/mol. The van der Waals surface area contributed by atoms with Crippen molar-refractivity contribution in [1.29, 1.82) is 0 Å². The van der Waals surface area contributed by atoms with Crippen molar-refractivity contribution in [2.24, 2.45) is 13.0 Å². The topological polar surface area (TPSA) is 55.2 Å². The molecule has 0 unspecified atom stereocenters. The van der Waals surface area contributed by atoms with Crippen LogP contribution < -0.4 is 0 Å². The molecule has 108 valence electrons. The van der Waals surface area contributed by atoms with Crippen LogP contribution in [0.25, 0.3) is 0 Å². The Morgan fingerprint density at radius 3 is 3.00 bits per heavy atom. The van der Waals surface area contributed by atoms with E-state index in [0.29, 0.717) is 23.2 Å². The highest BCUT2D eigenvalue weighted by Crippen LogP contribution is 2.28. The lowest BCUT2D eigenvalue weighted by molar-refractivity contribution is 0.457. The molecule has 0 radical (unpaired) electrons. The zero-order valence-electron chi connectivity index (χ0n) is 11.3. The summed E-state index contributed by atoms with van der Waals surface area (Å²) in [6, 6.07) is 3.45. The van der Waals surface area contributed by atoms with Gasteiger partial charge in [-0.2, -0.15) is 9.40 Å². The Morgan fingerprint density at radius 2 is 2.35 bits per heavy atom. The monoisotopic (exact) mass is 311 g/mol. The van der Waals surface area contributed by atoms with E-state index in [1.54, 1.807) is 26.5 Å². The smallest absolute Gasteiger partial charge is 0.252 e. The first-order valence-electron chi connectivity index (χ1n) is 6.57. The molecule has 3 heterocycles. The highest BCUT2D eigenvalue weighted by Gasteiger charge is 2.33. The van der Waals surface area contributed by atoms with Gasteiger partial charge in [0.1, 0.15) is 4.21 Å². The molecule has 0 saturated carbocycles. The molecular formula is C13H17N3O2S2. The number of sulfonamides is 1. The Hall–Kier alpha value is -1.18. The zero-order valence-corrected chi connectivity index (χ0v) is 12.9. The first-order chi connectivity index (χ1) is 9.55. The lowest BCUT2D eigenvalue weighted by Gasteiger charge is -2.15. The van der Waals surface area contributed by atoms with Crippen LogP contribution in [0.3, 0.4) is 0 Å². The number of nitrogens with zero attached hydrogens (tertiary/aromatic N) is 3. The SMILES string of the molecule is Cn1cc(C[C@@H]2CCN(S(=O)(=O)c3cccs3)C2)cn1. The summed E-state index contributed by atoms with van der Waals surface area (Å²) >= 11 is 1.28. The minimum Gasteiger partial charge on any atom is -0.276 e. The van der Waals surface area contributed by atoms with Crippen molar-refractivity contribution in [3.63, 3.8) is 0 Å². The summed E-state index contributed by atoms with van der Waals surface area (Å²) < 4.78 is 28.7. The molecule has 0 spiro atoms. The van der Waals surface area contributed by atoms with E-state index >= 15 is 0 Å². The minimum atomic E-state index is -3.28. The van der Waals surface area contributed by atoms with Gasteiger partial charge in [-0.15, -0.1) is 11.3 Å². The molecule has 7 heteroatoms. The van der Waals surface area contributed by atoms with Gasteiger partial charge in [0.25, 0.3) is 10.0 Å². The summed E-state index contributed by atoms with van der Waals surface area (Å²) in [6.45, 7) is 1.22. The van der Waals surface area contributed by atoms with E-state index in [4.69, 9.17) is 0 Å². The van der Waals surface area contributed by atoms with Gasteiger partial charge in [-0.25, -0.2) is 8.42 Å². The summed E-state index contributed by atoms with van der Waals surface area (Å²) in [6.07, 6.45) is 5.66. The molecule has 2 aromatic heterocycles. The molecule has 3 rings (SSSR count). The van der Waals surface area contributed by atoms with Gasteiger partial charge in [0.15, 0.2) is 0 Å². The molecule has 5 nitrogen and oxygen atoms in total. The Morgan fingerprint density at radius 1 is 1.50 bits per heavy atom. The molecule has 0 aromatic carbocycles. The molecule has 0 bridgehead atoms. The summed E-state index contributed by atoms with van der Waals surface area (Å²) in [5.41, 5.74) is 1.17. The maximum Gasteiger partial charge on any atom is 0.252 e. The second-order valence-electron chi connectivity index (χ2n) is 5.18. The normalized spacial score (nSPS) is 20.6. The molecule has 0 amide bonds. The van der Waals surface area contributed by atoms with Gasteiger partial charge in [0.2, 0.25) is 0 Å². The van der Waals surface area contributed by atoms with E-state index in [9.17, 15) is 8.42 Å². The van der Waals surface area contributed by atoms with Gasteiger partial charge in [-0.1, -0.05) is 6.07 Å². The van der Waals surface area contributed by atoms with Crippen LogP contribution in [0.15, 0.2) is 34.1 Å². The maximum atomic E-state index is 12.4. The molecular weight excluding hydrogens is 294 g/mol. The number of aromatic nitrogens is 2. The average Bonchev–Trinajstić information content (AvgIpc) is 3.11. The van der Waals surface area contributed by atoms with Crippen molar-refractivity contribution in [2.75, 3.05) is 13.1 Å². The highest BCUT2D eigenvalue weighted by molar-refractivity contribution is 7.91. The van der Waals surface area contributed by atoms with Crippen molar-refractivity contribution in [3.05, 3.63) is 35.5 Å². The Balaban J connectivity index is 1.68. The van der Waals surface area contributed by atoms with Crippen molar-refractivity contribution < 1.29 is 8.42 Å². The molecule has 1 fully saturated rings. The zero-order chi connectivity index (χ0) is 14.2. The van der Waals surface area contributed by atoms with E-state index in [-0.39, 0.29) is 0 Å². The van der Waals surface area contributed by atoms with E-state index < -0.39 is 10.0 Å². The molecule has 2 aromatic rings. The number of rotatable bonds is 4. The quantitative estimate of drug-likeness (QED) is 0.864. The van der Waals surface area contributed by atoms with Crippen LogP contribution >= 0.6 is 11.3 Å². The third-order valence-electron chi connectivity index (χ3n) is 3.62. The number of hydrogen-bond acceptors (Lipinski definition) is 4. The first-order valence-corrected chi connectivity index (χ1v) is 8.89. The molecule has 0 aliphatic carbocycles. The number of hydrogen-bond donors (Lipinski definition) is 0. The van der Waals surface area contributed by atoms with Crippen molar-refractivity contribution >= 4 is 21.4 Å². The number of thiophene rings is 1. The Kier molecular flexibility index (Phi) is 3.66. The van der Waals surface area contributed by atoms with Crippen molar-refractivity contribution in [2.45, 2.75) is 17.1 Å². The second kappa shape index (κ2) is 5.31. The fourth-order valence-electron chi connectivity index (χ4n) is 2.63. The Labute approximate surface area is 122 Å². The molecule has 0 N–H and O–H groups in total. The third-order valence-corrected chi connectivity index (χ3v) is 6.86. The largest absolute Gasteiger partial charge is 0.276 e. The molecule has 1 aliphatic heterocycles.